The Hall–Kier alpha value is -1.48. The zero-order chi connectivity index (χ0) is 23.5. The molecule has 3 heteroatoms. The number of hydrogen-bond donors (Lipinski definition) is 1. The van der Waals surface area contributed by atoms with Gasteiger partial charge >= 0.3 is 0 Å². The Balaban J connectivity index is 1.14. The van der Waals surface area contributed by atoms with Crippen LogP contribution in [0.25, 0.3) is 10.9 Å². The smallest absolute Gasteiger partial charge is 0.128 e. The van der Waals surface area contributed by atoms with Crippen LogP contribution in [0.1, 0.15) is 95.9 Å². The van der Waals surface area contributed by atoms with Gasteiger partial charge in [0.1, 0.15) is 5.82 Å². The Bertz CT molecular complexity index is 1050. The molecule has 6 rings (SSSR count). The summed E-state index contributed by atoms with van der Waals surface area (Å²) < 4.78 is 0. The summed E-state index contributed by atoms with van der Waals surface area (Å²) in [6.45, 7) is 7.34. The summed E-state index contributed by atoms with van der Waals surface area (Å²) >= 11 is 0. The number of rotatable bonds is 4. The van der Waals surface area contributed by atoms with Gasteiger partial charge in [-0.3, -0.25) is 0 Å². The van der Waals surface area contributed by atoms with Crippen LogP contribution in [0.2, 0.25) is 0 Å². The summed E-state index contributed by atoms with van der Waals surface area (Å²) in [4.78, 5) is 9.53. The van der Waals surface area contributed by atoms with Crippen LogP contribution in [0.15, 0.2) is 24.4 Å². The van der Waals surface area contributed by atoms with E-state index in [4.69, 9.17) is 4.98 Å². The van der Waals surface area contributed by atoms with Gasteiger partial charge in [-0.05, 0) is 117 Å². The van der Waals surface area contributed by atoms with E-state index in [1.165, 1.54) is 69.8 Å². The van der Waals surface area contributed by atoms with Gasteiger partial charge in [-0.25, -0.2) is 9.97 Å². The van der Waals surface area contributed by atoms with Crippen molar-refractivity contribution in [3.05, 3.63) is 35.8 Å². The Morgan fingerprint density at radius 3 is 2.74 bits per heavy atom. The van der Waals surface area contributed by atoms with E-state index in [1.807, 2.05) is 6.20 Å². The maximum absolute atomic E-state index is 11.4. The average molecular weight is 461 g/mol. The van der Waals surface area contributed by atoms with Crippen molar-refractivity contribution in [1.82, 2.24) is 9.97 Å². The zero-order valence-corrected chi connectivity index (χ0v) is 21.6. The molecular weight excluding hydrogens is 416 g/mol. The van der Waals surface area contributed by atoms with Crippen molar-refractivity contribution < 1.29 is 5.11 Å². The highest BCUT2D eigenvalue weighted by molar-refractivity contribution is 5.78. The highest BCUT2D eigenvalue weighted by Gasteiger charge is 2.61. The molecule has 3 nitrogen and oxygen atoms in total. The van der Waals surface area contributed by atoms with Crippen LogP contribution in [0.3, 0.4) is 0 Å². The molecule has 4 saturated carbocycles. The Morgan fingerprint density at radius 1 is 1.00 bits per heavy atom. The summed E-state index contributed by atoms with van der Waals surface area (Å²) in [5.41, 5.74) is 3.25. The van der Waals surface area contributed by atoms with Crippen molar-refractivity contribution in [2.75, 3.05) is 0 Å². The fourth-order valence-corrected chi connectivity index (χ4v) is 9.64. The number of aliphatic hydroxyl groups is 1. The fraction of sp³-hybridized carbons (Fsp3) is 0.742. The second-order valence-electron chi connectivity index (χ2n) is 13.1. The van der Waals surface area contributed by atoms with Gasteiger partial charge in [0.25, 0.3) is 0 Å². The molecule has 4 aliphatic rings. The van der Waals surface area contributed by atoms with Crippen LogP contribution in [-0.4, -0.2) is 21.2 Å². The number of aryl methyl sites for hydroxylation is 2. The molecule has 1 N–H and O–H groups in total. The number of hydrogen-bond acceptors (Lipinski definition) is 3. The normalized spacial score (nSPS) is 41.6. The Kier molecular flexibility index (Phi) is 5.79. The average Bonchev–Trinajstić information content (AvgIpc) is 3.15. The van der Waals surface area contributed by atoms with E-state index in [9.17, 15) is 5.11 Å². The fourth-order valence-electron chi connectivity index (χ4n) is 9.64. The van der Waals surface area contributed by atoms with Gasteiger partial charge in [-0.15, -0.1) is 0 Å². The van der Waals surface area contributed by atoms with E-state index >= 15 is 0 Å². The Labute approximate surface area is 206 Å². The predicted octanol–water partition coefficient (Wildman–Crippen LogP) is 7.28. The largest absolute Gasteiger partial charge is 0.393 e. The van der Waals surface area contributed by atoms with Gasteiger partial charge in [0.05, 0.1) is 11.6 Å². The first-order valence-corrected chi connectivity index (χ1v) is 14.3. The molecular formula is C31H44N2O. The molecule has 2 aromatic rings. The van der Waals surface area contributed by atoms with Crippen LogP contribution < -0.4 is 0 Å². The molecule has 1 aromatic heterocycles. The molecule has 0 saturated heterocycles. The van der Waals surface area contributed by atoms with Crippen molar-refractivity contribution in [1.29, 1.82) is 0 Å². The molecule has 34 heavy (non-hydrogen) atoms. The van der Waals surface area contributed by atoms with Crippen LogP contribution in [-0.2, 0) is 6.42 Å². The molecule has 0 spiro atoms. The first-order valence-electron chi connectivity index (χ1n) is 14.3. The van der Waals surface area contributed by atoms with E-state index in [2.05, 4.69) is 44.0 Å². The molecule has 8 atom stereocenters. The monoisotopic (exact) mass is 460 g/mol. The number of fused-ring (bicyclic) bond motifs is 6. The molecule has 8 unspecified atom stereocenters. The van der Waals surface area contributed by atoms with Crippen LogP contribution in [0, 0.1) is 47.3 Å². The lowest BCUT2D eigenvalue weighted by Gasteiger charge is -2.62. The summed E-state index contributed by atoms with van der Waals surface area (Å²) in [6.07, 6.45) is 17.5. The van der Waals surface area contributed by atoms with Gasteiger partial charge in [0.2, 0.25) is 0 Å². The van der Waals surface area contributed by atoms with E-state index in [-0.39, 0.29) is 6.10 Å². The van der Waals surface area contributed by atoms with Crippen LogP contribution in [0.5, 0.6) is 0 Å². The third-order valence-corrected chi connectivity index (χ3v) is 11.5. The van der Waals surface area contributed by atoms with Gasteiger partial charge in [0.15, 0.2) is 0 Å². The SMILES string of the molecule is Cc1ccc2cnc(CCCC3CCC4C5C(O)CC6CCCCC6(C)C5CCC34C)nc2c1. The highest BCUT2D eigenvalue weighted by Crippen LogP contribution is 2.67. The summed E-state index contributed by atoms with van der Waals surface area (Å²) in [5, 5.41) is 12.6. The first kappa shape index (κ1) is 23.0. The lowest BCUT2D eigenvalue weighted by Crippen LogP contribution is -2.57. The van der Waals surface area contributed by atoms with Crippen LogP contribution >= 0.6 is 0 Å². The molecule has 0 bridgehead atoms. The number of nitrogens with zero attached hydrogens (tertiary/aromatic N) is 2. The van der Waals surface area contributed by atoms with Crippen molar-refractivity contribution >= 4 is 10.9 Å². The van der Waals surface area contributed by atoms with E-state index in [0.717, 1.165) is 53.2 Å². The maximum Gasteiger partial charge on any atom is 0.128 e. The zero-order valence-electron chi connectivity index (χ0n) is 21.6. The van der Waals surface area contributed by atoms with Crippen molar-refractivity contribution in [2.45, 2.75) is 104 Å². The molecule has 4 fully saturated rings. The van der Waals surface area contributed by atoms with E-state index < -0.39 is 0 Å². The van der Waals surface area contributed by atoms with E-state index in [1.54, 1.807) is 0 Å². The quantitative estimate of drug-likeness (QED) is 0.521. The molecule has 0 aliphatic heterocycles. The first-order chi connectivity index (χ1) is 16.4. The van der Waals surface area contributed by atoms with Crippen molar-refractivity contribution in [2.24, 2.45) is 40.4 Å². The molecule has 4 aliphatic carbocycles. The van der Waals surface area contributed by atoms with Gasteiger partial charge in [0, 0.05) is 18.0 Å². The number of aliphatic hydroxyl groups excluding tert-OH is 1. The van der Waals surface area contributed by atoms with Gasteiger partial charge in [-0.2, -0.15) is 0 Å². The minimum Gasteiger partial charge on any atom is -0.393 e. The predicted molar refractivity (Wildman–Crippen MR) is 138 cm³/mol. The number of benzene rings is 1. The second-order valence-corrected chi connectivity index (χ2v) is 13.1. The second kappa shape index (κ2) is 8.57. The summed E-state index contributed by atoms with van der Waals surface area (Å²) in [5.74, 6) is 4.60. The standard InChI is InChI=1S/C31H44N2O/c1-20-10-11-21-19-32-28(33-26(21)17-20)9-6-8-22-12-13-24-29-25(14-16-31(22,24)3)30(2)15-5-4-7-23(30)18-27(29)34/h10-11,17,19,22-25,27,29,34H,4-9,12-16,18H2,1-3H3. The van der Waals surface area contributed by atoms with Gasteiger partial charge in [-0.1, -0.05) is 38.8 Å². The van der Waals surface area contributed by atoms with Crippen LogP contribution in [0.4, 0.5) is 0 Å². The number of aromatic nitrogens is 2. The van der Waals surface area contributed by atoms with Gasteiger partial charge < -0.3 is 5.11 Å². The highest BCUT2D eigenvalue weighted by atomic mass is 16.3. The topological polar surface area (TPSA) is 46.0 Å². The maximum atomic E-state index is 11.4. The molecule has 1 heterocycles. The van der Waals surface area contributed by atoms with E-state index in [0.29, 0.717) is 16.7 Å². The molecule has 0 amide bonds. The molecule has 0 radical (unpaired) electrons. The van der Waals surface area contributed by atoms with Crippen molar-refractivity contribution in [3.8, 4) is 0 Å². The molecule has 1 aromatic carbocycles. The third-order valence-electron chi connectivity index (χ3n) is 11.5. The summed E-state index contributed by atoms with van der Waals surface area (Å²) in [7, 11) is 0. The minimum absolute atomic E-state index is 0.0565. The third kappa shape index (κ3) is 3.64. The lowest BCUT2D eigenvalue weighted by atomic mass is 9.44. The minimum atomic E-state index is -0.0565. The van der Waals surface area contributed by atoms with Crippen molar-refractivity contribution in [3.63, 3.8) is 0 Å². The summed E-state index contributed by atoms with van der Waals surface area (Å²) in [6, 6.07) is 6.43. The lowest BCUT2D eigenvalue weighted by molar-refractivity contribution is -0.162. The molecule has 184 valence electrons. The Morgan fingerprint density at radius 2 is 1.85 bits per heavy atom.